The number of carbonyl (C=O) groups excluding carboxylic acids is 3. The van der Waals surface area contributed by atoms with Crippen LogP contribution in [0.1, 0.15) is 50.1 Å². The summed E-state index contributed by atoms with van der Waals surface area (Å²) in [6.45, 7) is 1.87. The van der Waals surface area contributed by atoms with Crippen molar-refractivity contribution in [2.24, 2.45) is 7.05 Å². The molecule has 8 heteroatoms. The second-order valence-electron chi connectivity index (χ2n) is 7.73. The third-order valence-corrected chi connectivity index (χ3v) is 5.54. The summed E-state index contributed by atoms with van der Waals surface area (Å²) in [5.41, 5.74) is 2.48. The number of aryl methyl sites for hydroxylation is 2. The lowest BCUT2D eigenvalue weighted by atomic mass is 10.1. The zero-order chi connectivity index (χ0) is 22.8. The smallest absolute Gasteiger partial charge is 0.261 e. The van der Waals surface area contributed by atoms with Gasteiger partial charge in [-0.2, -0.15) is 0 Å². The number of methoxy groups -OCH3 is 1. The normalized spacial score (nSPS) is 13.8. The van der Waals surface area contributed by atoms with Crippen molar-refractivity contribution in [1.29, 1.82) is 0 Å². The van der Waals surface area contributed by atoms with E-state index in [0.29, 0.717) is 22.7 Å². The minimum Gasteiger partial charge on any atom is -0.497 e. The third-order valence-electron chi connectivity index (χ3n) is 5.54. The predicted molar refractivity (Wildman–Crippen MR) is 117 cm³/mol. The van der Waals surface area contributed by atoms with E-state index in [1.165, 1.54) is 0 Å². The van der Waals surface area contributed by atoms with E-state index in [-0.39, 0.29) is 30.7 Å². The highest BCUT2D eigenvalue weighted by Gasteiger charge is 2.35. The number of rotatable bonds is 7. The van der Waals surface area contributed by atoms with Crippen molar-refractivity contribution in [3.8, 4) is 5.75 Å². The Balaban J connectivity index is 1.49. The monoisotopic (exact) mass is 432 g/mol. The van der Waals surface area contributed by atoms with E-state index in [2.05, 4.69) is 10.3 Å². The molecule has 164 valence electrons. The highest BCUT2D eigenvalue weighted by molar-refractivity contribution is 6.21. The number of imidazole rings is 1. The Labute approximate surface area is 185 Å². The number of aromatic nitrogens is 2. The molecule has 1 aromatic heterocycles. The second-order valence-corrected chi connectivity index (χ2v) is 7.73. The van der Waals surface area contributed by atoms with Crippen molar-refractivity contribution < 1.29 is 19.1 Å². The molecule has 3 amide bonds. The molecular weight excluding hydrogens is 408 g/mol. The van der Waals surface area contributed by atoms with Gasteiger partial charge in [0.25, 0.3) is 11.8 Å². The molecule has 8 nitrogen and oxygen atoms in total. The van der Waals surface area contributed by atoms with Gasteiger partial charge in [-0.1, -0.05) is 23.8 Å². The molecule has 2 heterocycles. The van der Waals surface area contributed by atoms with Gasteiger partial charge in [0.2, 0.25) is 5.91 Å². The molecule has 0 bridgehead atoms. The molecule has 0 saturated heterocycles. The average molecular weight is 432 g/mol. The topological polar surface area (TPSA) is 93.5 Å². The molecule has 1 unspecified atom stereocenters. The number of nitrogens with zero attached hydrogens (tertiary/aromatic N) is 3. The minimum absolute atomic E-state index is 0.00260. The maximum atomic E-state index is 12.9. The Kier molecular flexibility index (Phi) is 5.77. The van der Waals surface area contributed by atoms with E-state index in [1.54, 1.807) is 37.7 Å². The van der Waals surface area contributed by atoms with E-state index >= 15 is 0 Å². The van der Waals surface area contributed by atoms with Gasteiger partial charge in [0.05, 0.1) is 18.2 Å². The predicted octanol–water partition coefficient (Wildman–Crippen LogP) is 2.63. The number of amides is 3. The summed E-state index contributed by atoms with van der Waals surface area (Å²) in [4.78, 5) is 43.7. The Morgan fingerprint density at radius 1 is 1.12 bits per heavy atom. The number of benzene rings is 2. The molecule has 1 N–H and O–H groups in total. The van der Waals surface area contributed by atoms with Gasteiger partial charge in [0, 0.05) is 32.4 Å². The first-order valence-corrected chi connectivity index (χ1v) is 10.3. The van der Waals surface area contributed by atoms with Gasteiger partial charge in [0.15, 0.2) is 0 Å². The zero-order valence-corrected chi connectivity index (χ0v) is 18.2. The van der Waals surface area contributed by atoms with Gasteiger partial charge in [-0.3, -0.25) is 19.3 Å². The van der Waals surface area contributed by atoms with Crippen molar-refractivity contribution in [2.45, 2.75) is 19.4 Å². The first-order chi connectivity index (χ1) is 15.4. The summed E-state index contributed by atoms with van der Waals surface area (Å²) in [7, 11) is 3.43. The van der Waals surface area contributed by atoms with Crippen LogP contribution >= 0.6 is 0 Å². The number of carbonyl (C=O) groups is 3. The van der Waals surface area contributed by atoms with Crippen LogP contribution in [-0.4, -0.2) is 45.8 Å². The summed E-state index contributed by atoms with van der Waals surface area (Å²) >= 11 is 0. The highest BCUT2D eigenvalue weighted by atomic mass is 16.5. The lowest BCUT2D eigenvalue weighted by Gasteiger charge is -2.20. The van der Waals surface area contributed by atoms with E-state index in [1.807, 2.05) is 42.8 Å². The quantitative estimate of drug-likeness (QED) is 0.580. The van der Waals surface area contributed by atoms with Crippen molar-refractivity contribution in [3.05, 3.63) is 82.9 Å². The number of hydrogen-bond acceptors (Lipinski definition) is 5. The van der Waals surface area contributed by atoms with Gasteiger partial charge in [-0.25, -0.2) is 4.98 Å². The molecule has 0 saturated carbocycles. The van der Waals surface area contributed by atoms with Gasteiger partial charge < -0.3 is 14.6 Å². The van der Waals surface area contributed by atoms with Gasteiger partial charge in [-0.05, 0) is 36.8 Å². The molecule has 2 aromatic carbocycles. The Bertz CT molecular complexity index is 1200. The molecule has 1 atom stereocenters. The zero-order valence-electron chi connectivity index (χ0n) is 18.2. The summed E-state index contributed by atoms with van der Waals surface area (Å²) in [6, 6.07) is 12.0. The highest BCUT2D eigenvalue weighted by Crippen LogP contribution is 2.26. The molecule has 0 fully saturated rings. The molecule has 32 heavy (non-hydrogen) atoms. The number of fused-ring (bicyclic) bond motifs is 1. The molecular formula is C24H24N4O4. The summed E-state index contributed by atoms with van der Waals surface area (Å²) in [5, 5.41) is 2.98. The van der Waals surface area contributed by atoms with Gasteiger partial charge >= 0.3 is 0 Å². The van der Waals surface area contributed by atoms with Gasteiger partial charge in [0.1, 0.15) is 17.6 Å². The maximum absolute atomic E-state index is 12.9. The minimum atomic E-state index is -0.512. The maximum Gasteiger partial charge on any atom is 0.261 e. The van der Waals surface area contributed by atoms with Crippen LogP contribution in [0.4, 0.5) is 0 Å². The second kappa shape index (κ2) is 8.66. The van der Waals surface area contributed by atoms with Gasteiger partial charge in [-0.15, -0.1) is 0 Å². The Morgan fingerprint density at radius 2 is 1.91 bits per heavy atom. The van der Waals surface area contributed by atoms with E-state index < -0.39 is 6.04 Å². The van der Waals surface area contributed by atoms with Crippen LogP contribution in [0.2, 0.25) is 0 Å². The number of nitrogens with one attached hydrogen (secondary N) is 1. The lowest BCUT2D eigenvalue weighted by molar-refractivity contribution is -0.121. The number of imide groups is 1. The lowest BCUT2D eigenvalue weighted by Crippen LogP contribution is -2.36. The van der Waals surface area contributed by atoms with E-state index in [9.17, 15) is 14.4 Å². The van der Waals surface area contributed by atoms with E-state index in [0.717, 1.165) is 16.0 Å². The van der Waals surface area contributed by atoms with Crippen LogP contribution in [0.3, 0.4) is 0 Å². The first-order valence-electron chi connectivity index (χ1n) is 10.3. The molecule has 0 radical (unpaired) electrons. The SMILES string of the molecule is COc1cccc(C(NC(=O)CCN2C(=O)c3ccc(C)cc3C2=O)c2nccn2C)c1. The summed E-state index contributed by atoms with van der Waals surface area (Å²) in [5.74, 6) is 0.287. The fraction of sp³-hybridized carbons (Fsp3) is 0.250. The standard InChI is InChI=1S/C24H24N4O4/c1-15-7-8-18-19(13-15)24(31)28(23(18)30)11-9-20(29)26-21(22-25-10-12-27(22)2)16-5-4-6-17(14-16)32-3/h4-8,10,12-14,21H,9,11H2,1-3H3,(H,26,29). The van der Waals surface area contributed by atoms with Crippen molar-refractivity contribution in [1.82, 2.24) is 19.8 Å². The molecule has 1 aliphatic rings. The molecule has 3 aromatic rings. The molecule has 0 spiro atoms. The third kappa shape index (κ3) is 3.99. The van der Waals surface area contributed by atoms with E-state index in [4.69, 9.17) is 4.74 Å². The van der Waals surface area contributed by atoms with Crippen molar-refractivity contribution in [3.63, 3.8) is 0 Å². The Morgan fingerprint density at radius 3 is 2.62 bits per heavy atom. The first kappa shape index (κ1) is 21.3. The Hall–Kier alpha value is -3.94. The average Bonchev–Trinajstić information content (AvgIpc) is 3.31. The number of ether oxygens (including phenoxy) is 1. The van der Waals surface area contributed by atoms with Crippen LogP contribution in [0, 0.1) is 6.92 Å². The van der Waals surface area contributed by atoms with Crippen molar-refractivity contribution >= 4 is 17.7 Å². The molecule has 0 aliphatic carbocycles. The number of hydrogen-bond donors (Lipinski definition) is 1. The molecule has 4 rings (SSSR count). The van der Waals surface area contributed by atoms with Crippen LogP contribution < -0.4 is 10.1 Å². The molecule has 1 aliphatic heterocycles. The van der Waals surface area contributed by atoms with Crippen LogP contribution in [0.15, 0.2) is 54.9 Å². The van der Waals surface area contributed by atoms with Crippen LogP contribution in [0.25, 0.3) is 0 Å². The van der Waals surface area contributed by atoms with Crippen LogP contribution in [-0.2, 0) is 11.8 Å². The fourth-order valence-corrected chi connectivity index (χ4v) is 3.83. The summed E-state index contributed by atoms with van der Waals surface area (Å²) in [6.07, 6.45) is 3.44. The largest absolute Gasteiger partial charge is 0.497 e. The van der Waals surface area contributed by atoms with Crippen LogP contribution in [0.5, 0.6) is 5.75 Å². The summed E-state index contributed by atoms with van der Waals surface area (Å²) < 4.78 is 7.14. The van der Waals surface area contributed by atoms with Crippen molar-refractivity contribution in [2.75, 3.05) is 13.7 Å². The fourth-order valence-electron chi connectivity index (χ4n) is 3.83.